The van der Waals surface area contributed by atoms with Gasteiger partial charge in [0.05, 0.1) is 6.54 Å². The molecule has 1 aliphatic heterocycles. The van der Waals surface area contributed by atoms with Crippen molar-refractivity contribution >= 4 is 0 Å². The number of hydrogen-bond acceptors (Lipinski definition) is 3. The zero-order valence-corrected chi connectivity index (χ0v) is 11.8. The maximum atomic E-state index is 12.3. The lowest BCUT2D eigenvalue weighted by molar-refractivity contribution is -0.127. The molecule has 0 aromatic carbocycles. The summed E-state index contributed by atoms with van der Waals surface area (Å²) in [6.45, 7) is 0.981. The Labute approximate surface area is 118 Å². The van der Waals surface area contributed by atoms with E-state index in [0.29, 0.717) is 12.0 Å². The molecule has 1 saturated heterocycles. The van der Waals surface area contributed by atoms with Gasteiger partial charge in [-0.1, -0.05) is 6.42 Å². The summed E-state index contributed by atoms with van der Waals surface area (Å²) in [7, 11) is 0. The van der Waals surface area contributed by atoms with Gasteiger partial charge in [-0.25, -0.2) is 0 Å². The van der Waals surface area contributed by atoms with E-state index in [1.165, 1.54) is 19.3 Å². The number of hydrogen-bond donors (Lipinski definition) is 2. The smallest absolute Gasteiger partial charge is 0.396 e. The SMILES string of the molecule is OCCCC1CC(NCC(F)(F)F)CN(C2CCC2)C1. The molecule has 0 aromatic rings. The van der Waals surface area contributed by atoms with Crippen molar-refractivity contribution in [3.8, 4) is 0 Å². The Balaban J connectivity index is 1.85. The Morgan fingerprint density at radius 3 is 2.50 bits per heavy atom. The molecule has 2 fully saturated rings. The van der Waals surface area contributed by atoms with Crippen LogP contribution in [0.3, 0.4) is 0 Å². The van der Waals surface area contributed by atoms with E-state index in [2.05, 4.69) is 10.2 Å². The van der Waals surface area contributed by atoms with Crippen LogP contribution < -0.4 is 5.32 Å². The molecule has 2 aliphatic rings. The monoisotopic (exact) mass is 294 g/mol. The normalized spacial score (nSPS) is 29.4. The molecule has 6 heteroatoms. The second-order valence-corrected chi connectivity index (χ2v) is 6.20. The Morgan fingerprint density at radius 1 is 1.20 bits per heavy atom. The number of rotatable bonds is 6. The summed E-state index contributed by atoms with van der Waals surface area (Å²) >= 11 is 0. The van der Waals surface area contributed by atoms with Crippen molar-refractivity contribution in [2.24, 2.45) is 5.92 Å². The first kappa shape index (κ1) is 16.0. The lowest BCUT2D eigenvalue weighted by Gasteiger charge is -2.45. The van der Waals surface area contributed by atoms with Crippen LogP contribution in [0.2, 0.25) is 0 Å². The van der Waals surface area contributed by atoms with Gasteiger partial charge in [-0.3, -0.25) is 4.90 Å². The molecule has 3 nitrogen and oxygen atoms in total. The van der Waals surface area contributed by atoms with Gasteiger partial charge in [0, 0.05) is 31.8 Å². The van der Waals surface area contributed by atoms with E-state index in [4.69, 9.17) is 5.11 Å². The second kappa shape index (κ2) is 7.09. The van der Waals surface area contributed by atoms with E-state index in [0.717, 1.165) is 32.4 Å². The van der Waals surface area contributed by atoms with Crippen LogP contribution in [0, 0.1) is 5.92 Å². The maximum Gasteiger partial charge on any atom is 0.401 e. The molecule has 20 heavy (non-hydrogen) atoms. The maximum absolute atomic E-state index is 12.3. The number of piperidine rings is 1. The lowest BCUT2D eigenvalue weighted by Crippen LogP contribution is -2.55. The van der Waals surface area contributed by atoms with Crippen LogP contribution in [0.25, 0.3) is 0 Å². The van der Waals surface area contributed by atoms with Crippen molar-refractivity contribution in [1.29, 1.82) is 0 Å². The van der Waals surface area contributed by atoms with Crippen LogP contribution in [0.15, 0.2) is 0 Å². The fraction of sp³-hybridized carbons (Fsp3) is 1.00. The molecule has 2 rings (SSSR count). The van der Waals surface area contributed by atoms with Gasteiger partial charge < -0.3 is 10.4 Å². The van der Waals surface area contributed by atoms with Gasteiger partial charge in [-0.05, 0) is 38.0 Å². The molecule has 0 bridgehead atoms. The predicted molar refractivity (Wildman–Crippen MR) is 71.5 cm³/mol. The second-order valence-electron chi connectivity index (χ2n) is 6.20. The Morgan fingerprint density at radius 2 is 1.95 bits per heavy atom. The largest absolute Gasteiger partial charge is 0.401 e. The van der Waals surface area contributed by atoms with Crippen molar-refractivity contribution in [2.45, 2.75) is 56.8 Å². The third-order valence-electron chi connectivity index (χ3n) is 4.52. The number of aliphatic hydroxyl groups is 1. The molecule has 1 heterocycles. The number of alkyl halides is 3. The summed E-state index contributed by atoms with van der Waals surface area (Å²) in [5.41, 5.74) is 0. The minimum Gasteiger partial charge on any atom is -0.396 e. The molecule has 0 amide bonds. The van der Waals surface area contributed by atoms with Crippen LogP contribution in [0.1, 0.15) is 38.5 Å². The first-order chi connectivity index (χ1) is 9.48. The van der Waals surface area contributed by atoms with E-state index in [1.807, 2.05) is 0 Å². The quantitative estimate of drug-likeness (QED) is 0.788. The molecule has 0 spiro atoms. The predicted octanol–water partition coefficient (Wildman–Crippen LogP) is 2.15. The van der Waals surface area contributed by atoms with Gasteiger partial charge in [0.25, 0.3) is 0 Å². The van der Waals surface area contributed by atoms with Crippen LogP contribution in [0.5, 0.6) is 0 Å². The van der Waals surface area contributed by atoms with Crippen LogP contribution in [-0.2, 0) is 0 Å². The van der Waals surface area contributed by atoms with Crippen molar-refractivity contribution < 1.29 is 18.3 Å². The summed E-state index contributed by atoms with van der Waals surface area (Å²) in [4.78, 5) is 2.36. The standard InChI is InChI=1S/C14H25F3N2O/c15-14(16,17)10-18-12-7-11(3-2-6-20)8-19(9-12)13-4-1-5-13/h11-13,18,20H,1-10H2. The van der Waals surface area contributed by atoms with Crippen molar-refractivity contribution in [2.75, 3.05) is 26.2 Å². The average molecular weight is 294 g/mol. The molecule has 2 N–H and O–H groups in total. The van der Waals surface area contributed by atoms with Crippen LogP contribution in [0.4, 0.5) is 13.2 Å². The summed E-state index contributed by atoms with van der Waals surface area (Å²) in [5, 5.41) is 11.6. The lowest BCUT2D eigenvalue weighted by atomic mass is 9.85. The van der Waals surface area contributed by atoms with Gasteiger partial charge in [0.1, 0.15) is 0 Å². The van der Waals surface area contributed by atoms with E-state index in [-0.39, 0.29) is 12.6 Å². The highest BCUT2D eigenvalue weighted by Gasteiger charge is 2.35. The zero-order chi connectivity index (χ0) is 14.6. The van der Waals surface area contributed by atoms with Crippen molar-refractivity contribution in [1.82, 2.24) is 10.2 Å². The molecule has 0 radical (unpaired) electrons. The van der Waals surface area contributed by atoms with Gasteiger partial charge in [-0.15, -0.1) is 0 Å². The topological polar surface area (TPSA) is 35.5 Å². The first-order valence-corrected chi connectivity index (χ1v) is 7.63. The highest BCUT2D eigenvalue weighted by Crippen LogP contribution is 2.31. The molecular formula is C14H25F3N2O. The number of nitrogens with one attached hydrogen (secondary N) is 1. The van der Waals surface area contributed by atoms with Gasteiger partial charge in [0.2, 0.25) is 0 Å². The minimum absolute atomic E-state index is 0.0744. The number of aliphatic hydroxyl groups excluding tert-OH is 1. The summed E-state index contributed by atoms with van der Waals surface area (Å²) in [6.07, 6.45) is 1.90. The molecule has 1 saturated carbocycles. The average Bonchev–Trinajstić information content (AvgIpc) is 2.31. The van der Waals surface area contributed by atoms with E-state index < -0.39 is 12.7 Å². The molecular weight excluding hydrogens is 269 g/mol. The van der Waals surface area contributed by atoms with Crippen molar-refractivity contribution in [3.05, 3.63) is 0 Å². The highest BCUT2D eigenvalue weighted by molar-refractivity contribution is 4.90. The van der Waals surface area contributed by atoms with Crippen molar-refractivity contribution in [3.63, 3.8) is 0 Å². The third-order valence-corrected chi connectivity index (χ3v) is 4.52. The zero-order valence-electron chi connectivity index (χ0n) is 11.8. The molecule has 118 valence electrons. The Hall–Kier alpha value is -0.330. The summed E-state index contributed by atoms with van der Waals surface area (Å²) in [5.74, 6) is 0.405. The molecule has 2 atom stereocenters. The molecule has 1 aliphatic carbocycles. The highest BCUT2D eigenvalue weighted by atomic mass is 19.4. The van der Waals surface area contributed by atoms with E-state index in [1.54, 1.807) is 0 Å². The summed E-state index contributed by atoms with van der Waals surface area (Å²) in [6, 6.07) is 0.497. The fourth-order valence-corrected chi connectivity index (χ4v) is 3.29. The van der Waals surface area contributed by atoms with Gasteiger partial charge in [0.15, 0.2) is 0 Å². The van der Waals surface area contributed by atoms with Crippen LogP contribution in [-0.4, -0.2) is 54.5 Å². The minimum atomic E-state index is -4.14. The number of nitrogens with zero attached hydrogens (tertiary/aromatic N) is 1. The summed E-state index contributed by atoms with van der Waals surface area (Å²) < 4.78 is 37.0. The molecule has 0 aromatic heterocycles. The van der Waals surface area contributed by atoms with Crippen LogP contribution >= 0.6 is 0 Å². The number of halogens is 3. The fourth-order valence-electron chi connectivity index (χ4n) is 3.29. The Bertz CT molecular complexity index is 295. The number of likely N-dealkylation sites (tertiary alicyclic amines) is 1. The van der Waals surface area contributed by atoms with Gasteiger partial charge in [-0.2, -0.15) is 13.2 Å². The third kappa shape index (κ3) is 4.90. The molecule has 2 unspecified atom stereocenters. The first-order valence-electron chi connectivity index (χ1n) is 7.63. The van der Waals surface area contributed by atoms with E-state index >= 15 is 0 Å². The van der Waals surface area contributed by atoms with Gasteiger partial charge >= 0.3 is 6.18 Å². The Kier molecular flexibility index (Phi) is 5.69. The van der Waals surface area contributed by atoms with E-state index in [9.17, 15) is 13.2 Å².